The molecule has 1 N–H and O–H groups in total. The van der Waals surface area contributed by atoms with Crippen molar-refractivity contribution in [2.45, 2.75) is 51.5 Å². The van der Waals surface area contributed by atoms with E-state index in [1.54, 1.807) is 35.5 Å². The van der Waals surface area contributed by atoms with Crippen molar-refractivity contribution in [3.63, 3.8) is 0 Å². The summed E-state index contributed by atoms with van der Waals surface area (Å²) in [6.07, 6.45) is 2.91. The van der Waals surface area contributed by atoms with Gasteiger partial charge in [0, 0.05) is 25.2 Å². The molecular weight excluding hydrogens is 364 g/mol. The molecule has 27 heavy (non-hydrogen) atoms. The van der Waals surface area contributed by atoms with E-state index >= 15 is 0 Å². The fourth-order valence-electron chi connectivity index (χ4n) is 3.43. The van der Waals surface area contributed by atoms with Crippen LogP contribution in [0.25, 0.3) is 0 Å². The van der Waals surface area contributed by atoms with Gasteiger partial charge >= 0.3 is 0 Å². The molecule has 1 aliphatic rings. The molecule has 2 aromatic rings. The summed E-state index contributed by atoms with van der Waals surface area (Å²) in [5.74, 6) is 1.15. The van der Waals surface area contributed by atoms with Gasteiger partial charge in [0.2, 0.25) is 10.0 Å². The number of amides is 1. The van der Waals surface area contributed by atoms with E-state index in [0.717, 1.165) is 36.1 Å². The topological polar surface area (TPSA) is 79.6 Å². The van der Waals surface area contributed by atoms with Crippen molar-refractivity contribution in [3.05, 3.63) is 52.5 Å². The van der Waals surface area contributed by atoms with E-state index in [2.05, 4.69) is 5.32 Å². The zero-order chi connectivity index (χ0) is 19.6. The van der Waals surface area contributed by atoms with Crippen LogP contribution in [0.4, 0.5) is 0 Å². The predicted molar refractivity (Wildman–Crippen MR) is 103 cm³/mol. The third-order valence-corrected chi connectivity index (χ3v) is 7.03. The second-order valence-electron chi connectivity index (χ2n) is 7.01. The van der Waals surface area contributed by atoms with Gasteiger partial charge in [-0.25, -0.2) is 8.42 Å². The molecule has 0 unspecified atom stereocenters. The first-order valence-corrected chi connectivity index (χ1v) is 10.7. The number of aryl methyl sites for hydroxylation is 2. The van der Waals surface area contributed by atoms with Gasteiger partial charge in [0.25, 0.3) is 5.91 Å². The number of furan rings is 1. The molecule has 7 heteroatoms. The molecule has 1 aromatic heterocycles. The van der Waals surface area contributed by atoms with Gasteiger partial charge in [0.05, 0.1) is 10.5 Å². The lowest BCUT2D eigenvalue weighted by Crippen LogP contribution is -2.35. The number of sulfonamides is 1. The van der Waals surface area contributed by atoms with Crippen molar-refractivity contribution in [1.82, 2.24) is 9.62 Å². The van der Waals surface area contributed by atoms with Crippen LogP contribution in [0, 0.1) is 20.8 Å². The predicted octanol–water partition coefficient (Wildman–Crippen LogP) is 3.31. The molecule has 1 amide bonds. The van der Waals surface area contributed by atoms with Crippen LogP contribution < -0.4 is 5.32 Å². The van der Waals surface area contributed by atoms with Crippen LogP contribution in [0.3, 0.4) is 0 Å². The third kappa shape index (κ3) is 4.09. The van der Waals surface area contributed by atoms with E-state index in [-0.39, 0.29) is 5.91 Å². The van der Waals surface area contributed by atoms with E-state index < -0.39 is 10.0 Å². The molecule has 1 aliphatic heterocycles. The quantitative estimate of drug-likeness (QED) is 0.849. The minimum absolute atomic E-state index is 0.188. The van der Waals surface area contributed by atoms with Crippen molar-refractivity contribution >= 4 is 15.9 Å². The average molecular weight is 391 g/mol. The van der Waals surface area contributed by atoms with Crippen molar-refractivity contribution in [1.29, 1.82) is 0 Å². The molecule has 0 atom stereocenters. The second-order valence-corrected chi connectivity index (χ2v) is 8.94. The zero-order valence-corrected chi connectivity index (χ0v) is 16.9. The maximum absolute atomic E-state index is 12.7. The molecule has 0 aliphatic carbocycles. The molecule has 0 radical (unpaired) electrons. The highest BCUT2D eigenvalue weighted by atomic mass is 32.2. The molecule has 0 saturated carbocycles. The van der Waals surface area contributed by atoms with Gasteiger partial charge in [-0.2, -0.15) is 4.31 Å². The number of benzene rings is 1. The summed E-state index contributed by atoms with van der Waals surface area (Å²) in [5, 5.41) is 2.87. The molecule has 0 spiro atoms. The summed E-state index contributed by atoms with van der Waals surface area (Å²) in [6, 6.07) is 6.72. The first-order valence-electron chi connectivity index (χ1n) is 9.24. The highest BCUT2D eigenvalue weighted by Gasteiger charge is 2.25. The molecule has 1 aromatic carbocycles. The smallest absolute Gasteiger partial charge is 0.255 e. The minimum Gasteiger partial charge on any atom is -0.466 e. The molecule has 6 nitrogen and oxygen atoms in total. The number of hydrogen-bond donors (Lipinski definition) is 1. The third-order valence-electron chi connectivity index (χ3n) is 5.12. The van der Waals surface area contributed by atoms with E-state index in [9.17, 15) is 13.2 Å². The Morgan fingerprint density at radius 3 is 2.22 bits per heavy atom. The SMILES string of the molecule is Cc1oc(C)c(C(=O)NCc2ccc(S(=O)(=O)N3CCCCC3)cc2)c1C. The van der Waals surface area contributed by atoms with Crippen molar-refractivity contribution in [2.24, 2.45) is 0 Å². The van der Waals surface area contributed by atoms with Gasteiger partial charge < -0.3 is 9.73 Å². The zero-order valence-electron chi connectivity index (χ0n) is 16.0. The first kappa shape index (κ1) is 19.6. The fraction of sp³-hybridized carbons (Fsp3) is 0.450. The Kier molecular flexibility index (Phi) is 5.72. The summed E-state index contributed by atoms with van der Waals surface area (Å²) < 4.78 is 32.4. The van der Waals surface area contributed by atoms with Gasteiger partial charge in [0.15, 0.2) is 0 Å². The number of nitrogens with zero attached hydrogens (tertiary/aromatic N) is 1. The summed E-state index contributed by atoms with van der Waals surface area (Å²) in [6.45, 7) is 6.97. The molecule has 146 valence electrons. The van der Waals surface area contributed by atoms with Crippen LogP contribution >= 0.6 is 0 Å². The molecular formula is C20H26N2O4S. The number of piperidine rings is 1. The van der Waals surface area contributed by atoms with E-state index in [4.69, 9.17) is 4.42 Å². The highest BCUT2D eigenvalue weighted by molar-refractivity contribution is 7.89. The standard InChI is InChI=1S/C20H26N2O4S/c1-14-15(2)26-16(3)19(14)20(23)21-13-17-7-9-18(10-8-17)27(24,25)22-11-5-4-6-12-22/h7-10H,4-6,11-13H2,1-3H3,(H,21,23). The number of carbonyl (C=O) groups excluding carboxylic acids is 1. The van der Waals surface area contributed by atoms with Crippen LogP contribution in [-0.4, -0.2) is 31.7 Å². The lowest BCUT2D eigenvalue weighted by molar-refractivity contribution is 0.0949. The summed E-state index contributed by atoms with van der Waals surface area (Å²) in [5.41, 5.74) is 2.25. The summed E-state index contributed by atoms with van der Waals surface area (Å²) in [4.78, 5) is 12.7. The average Bonchev–Trinajstić information content (AvgIpc) is 2.92. The van der Waals surface area contributed by atoms with Gasteiger partial charge in [0.1, 0.15) is 11.5 Å². The van der Waals surface area contributed by atoms with Crippen LogP contribution in [-0.2, 0) is 16.6 Å². The molecule has 2 heterocycles. The van der Waals surface area contributed by atoms with Crippen LogP contribution in [0.15, 0.2) is 33.6 Å². The Morgan fingerprint density at radius 2 is 1.67 bits per heavy atom. The molecule has 3 rings (SSSR count). The van der Waals surface area contributed by atoms with E-state index in [0.29, 0.717) is 35.9 Å². The molecule has 1 fully saturated rings. The molecule has 0 bridgehead atoms. The van der Waals surface area contributed by atoms with E-state index in [1.165, 1.54) is 0 Å². The molecule has 1 saturated heterocycles. The van der Waals surface area contributed by atoms with Crippen molar-refractivity contribution < 1.29 is 17.6 Å². The normalized spacial score (nSPS) is 15.7. The maximum Gasteiger partial charge on any atom is 0.255 e. The summed E-state index contributed by atoms with van der Waals surface area (Å²) in [7, 11) is -3.43. The van der Waals surface area contributed by atoms with Gasteiger partial charge in [-0.05, 0) is 51.3 Å². The largest absolute Gasteiger partial charge is 0.466 e. The fourth-order valence-corrected chi connectivity index (χ4v) is 4.95. The lowest BCUT2D eigenvalue weighted by atomic mass is 10.1. The maximum atomic E-state index is 12.7. The van der Waals surface area contributed by atoms with Crippen LogP contribution in [0.5, 0.6) is 0 Å². The Morgan fingerprint density at radius 1 is 1.04 bits per heavy atom. The van der Waals surface area contributed by atoms with Gasteiger partial charge in [-0.15, -0.1) is 0 Å². The lowest BCUT2D eigenvalue weighted by Gasteiger charge is -2.25. The van der Waals surface area contributed by atoms with Crippen LogP contribution in [0.2, 0.25) is 0 Å². The Labute approximate surface area is 160 Å². The summed E-state index contributed by atoms with van der Waals surface area (Å²) >= 11 is 0. The minimum atomic E-state index is -3.43. The Balaban J connectivity index is 1.66. The number of rotatable bonds is 5. The van der Waals surface area contributed by atoms with Crippen LogP contribution in [0.1, 0.15) is 52.3 Å². The number of carbonyl (C=O) groups is 1. The van der Waals surface area contributed by atoms with Crippen molar-refractivity contribution in [3.8, 4) is 0 Å². The monoisotopic (exact) mass is 390 g/mol. The van der Waals surface area contributed by atoms with Gasteiger partial charge in [-0.1, -0.05) is 18.6 Å². The second kappa shape index (κ2) is 7.86. The number of hydrogen-bond acceptors (Lipinski definition) is 4. The Hall–Kier alpha value is -2.12. The first-order chi connectivity index (χ1) is 12.8. The van der Waals surface area contributed by atoms with E-state index in [1.807, 2.05) is 13.8 Å². The van der Waals surface area contributed by atoms with Crippen molar-refractivity contribution in [2.75, 3.05) is 13.1 Å². The highest BCUT2D eigenvalue weighted by Crippen LogP contribution is 2.22. The van der Waals surface area contributed by atoms with Gasteiger partial charge in [-0.3, -0.25) is 4.79 Å². The number of nitrogens with one attached hydrogen (secondary N) is 1. The Bertz CT molecular complexity index is 924.